The third kappa shape index (κ3) is 8.41. The van der Waals surface area contributed by atoms with Gasteiger partial charge < -0.3 is 30.6 Å². The zero-order chi connectivity index (χ0) is 13.1. The lowest BCUT2D eigenvalue weighted by Gasteiger charge is -2.00. The highest BCUT2D eigenvalue weighted by atomic mass is 16.3. The Morgan fingerprint density at radius 1 is 0.750 bits per heavy atom. The minimum atomic E-state index is -1.42. The molecule has 0 bridgehead atoms. The van der Waals surface area contributed by atoms with Gasteiger partial charge in [-0.25, -0.2) is 0 Å². The lowest BCUT2D eigenvalue weighted by atomic mass is 10.3. The first kappa shape index (κ1) is 17.5. The molecule has 0 aliphatic carbocycles. The van der Waals surface area contributed by atoms with E-state index in [9.17, 15) is 9.59 Å². The highest BCUT2D eigenvalue weighted by Gasteiger charge is 2.10. The number of Topliss-reactive ketones (excluding diaryl/α,β-unsaturated/α-hetero) is 2. The normalized spacial score (nSPS) is 13.4. The van der Waals surface area contributed by atoms with Crippen molar-refractivity contribution in [2.24, 2.45) is 0 Å². The van der Waals surface area contributed by atoms with E-state index >= 15 is 0 Å². The van der Waals surface area contributed by atoms with Gasteiger partial charge in [0, 0.05) is 0 Å². The minimum Gasteiger partial charge on any atom is -0.393 e. The fraction of sp³-hybridized carbons (Fsp3) is 0.750. The average molecular weight is 240 g/mol. The summed E-state index contributed by atoms with van der Waals surface area (Å²) in [7, 11) is 0. The van der Waals surface area contributed by atoms with Crippen molar-refractivity contribution >= 4 is 11.6 Å². The number of hydrogen-bond donors (Lipinski definition) is 6. The molecule has 0 aromatic rings. The molecule has 0 rings (SSSR count). The van der Waals surface area contributed by atoms with E-state index in [0.717, 1.165) is 0 Å². The van der Waals surface area contributed by atoms with Gasteiger partial charge in [0.15, 0.2) is 11.6 Å². The standard InChI is InChI=1S/2C4H8O4/c2*5-1-3(7)4(8)2-6/h2*3,5-7H,1-2H2/t2*3-/m00/s1. The number of hydrogen-bond acceptors (Lipinski definition) is 8. The molecule has 0 aliphatic rings. The van der Waals surface area contributed by atoms with Crippen LogP contribution in [0.15, 0.2) is 0 Å². The van der Waals surface area contributed by atoms with Gasteiger partial charge >= 0.3 is 0 Å². The van der Waals surface area contributed by atoms with Crippen LogP contribution in [0.1, 0.15) is 0 Å². The Morgan fingerprint density at radius 2 is 1.00 bits per heavy atom. The molecule has 0 saturated carbocycles. The SMILES string of the molecule is O=C(CO)[C@@H](O)CO.O=C(CO)[C@@H](O)CO. The van der Waals surface area contributed by atoms with Crippen LogP contribution in [0.25, 0.3) is 0 Å². The van der Waals surface area contributed by atoms with Crippen molar-refractivity contribution in [3.05, 3.63) is 0 Å². The van der Waals surface area contributed by atoms with E-state index in [0.29, 0.717) is 0 Å². The Hall–Kier alpha value is -0.900. The summed E-state index contributed by atoms with van der Waals surface area (Å²) in [6.45, 7) is -2.69. The molecular formula is C8H16O8. The van der Waals surface area contributed by atoms with Crippen molar-refractivity contribution in [3.63, 3.8) is 0 Å². The van der Waals surface area contributed by atoms with Gasteiger partial charge in [-0.05, 0) is 0 Å². The maximum absolute atomic E-state index is 10.1. The first-order valence-electron chi connectivity index (χ1n) is 4.29. The number of aliphatic hydroxyl groups excluding tert-OH is 6. The second kappa shape index (κ2) is 10.6. The van der Waals surface area contributed by atoms with Crippen LogP contribution in [0.2, 0.25) is 0 Å². The van der Waals surface area contributed by atoms with E-state index < -0.39 is 50.2 Å². The van der Waals surface area contributed by atoms with E-state index in [1.165, 1.54) is 0 Å². The Labute approximate surface area is 91.4 Å². The molecule has 0 radical (unpaired) electrons. The molecule has 96 valence electrons. The number of ketones is 2. The summed E-state index contributed by atoms with van der Waals surface area (Å²) in [6.07, 6.45) is -2.83. The number of carbonyl (C=O) groups is 2. The van der Waals surface area contributed by atoms with E-state index in [4.69, 9.17) is 30.6 Å². The van der Waals surface area contributed by atoms with Gasteiger partial charge in [-0.3, -0.25) is 9.59 Å². The molecule has 0 unspecified atom stereocenters. The molecule has 0 amide bonds. The lowest BCUT2D eigenvalue weighted by molar-refractivity contribution is -0.132. The van der Waals surface area contributed by atoms with Crippen molar-refractivity contribution in [3.8, 4) is 0 Å². The fourth-order valence-electron chi connectivity index (χ4n) is 0.414. The summed E-state index contributed by atoms with van der Waals surface area (Å²) in [5.41, 5.74) is 0. The van der Waals surface area contributed by atoms with Crippen LogP contribution in [0.3, 0.4) is 0 Å². The van der Waals surface area contributed by atoms with Crippen molar-refractivity contribution < 1.29 is 40.2 Å². The molecular weight excluding hydrogens is 224 g/mol. The topological polar surface area (TPSA) is 156 Å². The van der Waals surface area contributed by atoms with Crippen molar-refractivity contribution in [1.29, 1.82) is 0 Å². The molecule has 16 heavy (non-hydrogen) atoms. The smallest absolute Gasteiger partial charge is 0.188 e. The summed E-state index contributed by atoms with van der Waals surface area (Å²) in [4.78, 5) is 20.2. The van der Waals surface area contributed by atoms with E-state index in [-0.39, 0.29) is 0 Å². The van der Waals surface area contributed by atoms with Crippen LogP contribution in [-0.2, 0) is 9.59 Å². The largest absolute Gasteiger partial charge is 0.393 e. The average Bonchev–Trinajstić information content (AvgIpc) is 2.35. The van der Waals surface area contributed by atoms with Crippen LogP contribution in [0, 0.1) is 0 Å². The van der Waals surface area contributed by atoms with Gasteiger partial charge in [0.25, 0.3) is 0 Å². The predicted octanol–water partition coefficient (Wildman–Crippen LogP) is -4.20. The third-order valence-corrected chi connectivity index (χ3v) is 1.40. The second-order valence-electron chi connectivity index (χ2n) is 2.65. The lowest BCUT2D eigenvalue weighted by Crippen LogP contribution is -2.26. The quantitative estimate of drug-likeness (QED) is 0.273. The van der Waals surface area contributed by atoms with Gasteiger partial charge in [0.05, 0.1) is 13.2 Å². The van der Waals surface area contributed by atoms with Gasteiger partial charge in [0.1, 0.15) is 25.4 Å². The van der Waals surface area contributed by atoms with E-state index in [1.807, 2.05) is 0 Å². The number of carbonyl (C=O) groups excluding carboxylic acids is 2. The zero-order valence-corrected chi connectivity index (χ0v) is 8.48. The van der Waals surface area contributed by atoms with Gasteiger partial charge in [0.2, 0.25) is 0 Å². The molecule has 0 heterocycles. The molecule has 0 fully saturated rings. The molecule has 0 aliphatic heterocycles. The maximum Gasteiger partial charge on any atom is 0.188 e. The van der Waals surface area contributed by atoms with Crippen LogP contribution in [0.5, 0.6) is 0 Å². The Bertz CT molecular complexity index is 182. The summed E-state index contributed by atoms with van der Waals surface area (Å²) in [5, 5.41) is 48.9. The first-order chi connectivity index (χ1) is 7.44. The number of aliphatic hydroxyl groups is 6. The first-order valence-corrected chi connectivity index (χ1v) is 4.29. The summed E-state index contributed by atoms with van der Waals surface area (Å²) in [5.74, 6) is -1.51. The molecule has 8 heteroatoms. The minimum absolute atomic E-state index is 0.626. The van der Waals surface area contributed by atoms with Crippen LogP contribution in [-0.4, -0.2) is 80.8 Å². The van der Waals surface area contributed by atoms with Crippen LogP contribution < -0.4 is 0 Å². The third-order valence-electron chi connectivity index (χ3n) is 1.40. The summed E-state index contributed by atoms with van der Waals surface area (Å²) in [6, 6.07) is 0. The van der Waals surface area contributed by atoms with Crippen molar-refractivity contribution in [2.75, 3.05) is 26.4 Å². The highest BCUT2D eigenvalue weighted by Crippen LogP contribution is 1.81. The van der Waals surface area contributed by atoms with E-state index in [2.05, 4.69) is 0 Å². The molecule has 0 spiro atoms. The zero-order valence-electron chi connectivity index (χ0n) is 8.48. The van der Waals surface area contributed by atoms with Crippen molar-refractivity contribution in [2.45, 2.75) is 12.2 Å². The van der Waals surface area contributed by atoms with Crippen LogP contribution in [0.4, 0.5) is 0 Å². The summed E-state index contributed by atoms with van der Waals surface area (Å²) < 4.78 is 0. The summed E-state index contributed by atoms with van der Waals surface area (Å²) >= 11 is 0. The molecule has 0 aromatic carbocycles. The molecule has 2 atom stereocenters. The Morgan fingerprint density at radius 3 is 1.06 bits per heavy atom. The predicted molar refractivity (Wildman–Crippen MR) is 50.4 cm³/mol. The fourth-order valence-corrected chi connectivity index (χ4v) is 0.414. The van der Waals surface area contributed by atoms with Gasteiger partial charge in [-0.1, -0.05) is 0 Å². The highest BCUT2D eigenvalue weighted by molar-refractivity contribution is 5.84. The molecule has 6 N–H and O–H groups in total. The Kier molecular flexibility index (Phi) is 11.6. The maximum atomic E-state index is 10.1. The second-order valence-corrected chi connectivity index (χ2v) is 2.65. The van der Waals surface area contributed by atoms with E-state index in [1.54, 1.807) is 0 Å². The van der Waals surface area contributed by atoms with Gasteiger partial charge in [-0.15, -0.1) is 0 Å². The van der Waals surface area contributed by atoms with Crippen LogP contribution >= 0.6 is 0 Å². The molecule has 0 saturated heterocycles. The monoisotopic (exact) mass is 240 g/mol. The van der Waals surface area contributed by atoms with Gasteiger partial charge in [-0.2, -0.15) is 0 Å². The number of rotatable bonds is 6. The molecule has 0 aromatic heterocycles. The Balaban J connectivity index is 0. The van der Waals surface area contributed by atoms with Crippen molar-refractivity contribution in [1.82, 2.24) is 0 Å². The molecule has 8 nitrogen and oxygen atoms in total.